The predicted octanol–water partition coefficient (Wildman–Crippen LogP) is 14.9. The number of para-hydroxylation sites is 3. The molecule has 0 amide bonds. The summed E-state index contributed by atoms with van der Waals surface area (Å²) in [5.74, 6) is 0. The highest BCUT2D eigenvalue weighted by molar-refractivity contribution is 6.09. The van der Waals surface area contributed by atoms with E-state index in [2.05, 4.69) is 240 Å². The van der Waals surface area contributed by atoms with E-state index in [-0.39, 0.29) is 0 Å². The van der Waals surface area contributed by atoms with Crippen molar-refractivity contribution in [2.45, 2.75) is 0 Å². The highest BCUT2D eigenvalue weighted by atomic mass is 15.1. The van der Waals surface area contributed by atoms with Crippen LogP contribution in [0.2, 0.25) is 0 Å². The summed E-state index contributed by atoms with van der Waals surface area (Å²) >= 11 is 0. The van der Waals surface area contributed by atoms with Gasteiger partial charge in [0.1, 0.15) is 0 Å². The first-order chi connectivity index (χ1) is 27.8. The van der Waals surface area contributed by atoms with Crippen molar-refractivity contribution in [1.29, 1.82) is 0 Å². The molecule has 0 spiro atoms. The SMILES string of the molecule is c1ccc(-c2ccc(-c3cc(-c4ccccc4)cc(N(c4ccccc4)c4ccc(-c5ccc(-n6c7ccccc7c7ccccc76)cc5)cc4)c3)cc2)cc1. The summed E-state index contributed by atoms with van der Waals surface area (Å²) in [4.78, 5) is 2.36. The first-order valence-electron chi connectivity index (χ1n) is 19.2. The van der Waals surface area contributed by atoms with Gasteiger partial charge in [0.25, 0.3) is 0 Å². The van der Waals surface area contributed by atoms with Crippen molar-refractivity contribution in [2.75, 3.05) is 4.90 Å². The number of hydrogen-bond donors (Lipinski definition) is 0. The fourth-order valence-electron chi connectivity index (χ4n) is 8.02. The Morgan fingerprint density at radius 2 is 0.607 bits per heavy atom. The van der Waals surface area contributed by atoms with Crippen molar-refractivity contribution in [3.05, 3.63) is 231 Å². The third kappa shape index (κ3) is 6.24. The van der Waals surface area contributed by atoms with Crippen LogP contribution >= 0.6 is 0 Å². The van der Waals surface area contributed by atoms with Gasteiger partial charge in [-0.2, -0.15) is 0 Å². The van der Waals surface area contributed by atoms with Crippen LogP contribution in [0.4, 0.5) is 17.1 Å². The van der Waals surface area contributed by atoms with Crippen LogP contribution in [0, 0.1) is 0 Å². The maximum atomic E-state index is 2.37. The summed E-state index contributed by atoms with van der Waals surface area (Å²) in [6.45, 7) is 0. The maximum absolute atomic E-state index is 2.37. The molecule has 0 aliphatic carbocycles. The molecule has 0 saturated heterocycles. The van der Waals surface area contributed by atoms with Crippen LogP contribution in [-0.2, 0) is 0 Å². The molecule has 264 valence electrons. The summed E-state index contributed by atoms with van der Waals surface area (Å²) in [5, 5.41) is 2.54. The summed E-state index contributed by atoms with van der Waals surface area (Å²) < 4.78 is 2.37. The van der Waals surface area contributed by atoms with E-state index in [1.165, 1.54) is 66.3 Å². The number of aromatic nitrogens is 1. The highest BCUT2D eigenvalue weighted by Crippen LogP contribution is 2.41. The number of hydrogen-bond acceptors (Lipinski definition) is 1. The summed E-state index contributed by atoms with van der Waals surface area (Å²) in [7, 11) is 0. The molecule has 0 bridgehead atoms. The van der Waals surface area contributed by atoms with Gasteiger partial charge in [0.2, 0.25) is 0 Å². The number of anilines is 3. The minimum atomic E-state index is 1.09. The van der Waals surface area contributed by atoms with Crippen molar-refractivity contribution in [2.24, 2.45) is 0 Å². The molecule has 1 aromatic heterocycles. The zero-order chi connectivity index (χ0) is 37.3. The lowest BCUT2D eigenvalue weighted by Gasteiger charge is -2.27. The minimum Gasteiger partial charge on any atom is -0.310 e. The van der Waals surface area contributed by atoms with E-state index in [4.69, 9.17) is 0 Å². The Morgan fingerprint density at radius 3 is 1.12 bits per heavy atom. The van der Waals surface area contributed by atoms with E-state index < -0.39 is 0 Å². The van der Waals surface area contributed by atoms with Gasteiger partial charge in [0.05, 0.1) is 11.0 Å². The Hall–Kier alpha value is -7.42. The van der Waals surface area contributed by atoms with Gasteiger partial charge in [-0.05, 0) is 111 Å². The summed E-state index contributed by atoms with van der Waals surface area (Å²) in [6.07, 6.45) is 0. The molecule has 0 saturated carbocycles. The maximum Gasteiger partial charge on any atom is 0.0541 e. The van der Waals surface area contributed by atoms with Gasteiger partial charge in [-0.25, -0.2) is 0 Å². The second-order valence-electron chi connectivity index (χ2n) is 14.2. The van der Waals surface area contributed by atoms with Gasteiger partial charge >= 0.3 is 0 Å². The summed E-state index contributed by atoms with van der Waals surface area (Å²) in [5.41, 5.74) is 16.4. The first-order valence-corrected chi connectivity index (χ1v) is 19.2. The average Bonchev–Trinajstić information content (AvgIpc) is 3.62. The van der Waals surface area contributed by atoms with Gasteiger partial charge in [-0.15, -0.1) is 0 Å². The topological polar surface area (TPSA) is 8.17 Å². The number of fused-ring (bicyclic) bond motifs is 3. The average molecular weight is 715 g/mol. The molecule has 0 radical (unpaired) electrons. The molecule has 10 rings (SSSR count). The van der Waals surface area contributed by atoms with Crippen molar-refractivity contribution in [1.82, 2.24) is 4.57 Å². The molecule has 1 heterocycles. The Bertz CT molecular complexity index is 2860. The largest absolute Gasteiger partial charge is 0.310 e. The monoisotopic (exact) mass is 714 g/mol. The minimum absolute atomic E-state index is 1.09. The standard InChI is InChI=1S/C54H38N2/c1-4-14-39(15-5-1)41-24-26-44(27-25-41)46-36-45(40-16-6-2-7-17-40)37-50(38-46)55(47-18-8-3-9-19-47)48-32-28-42(29-33-48)43-30-34-49(35-31-43)56-53-22-12-10-20-51(53)52-21-11-13-23-54(52)56/h1-38H. The van der Waals surface area contributed by atoms with Gasteiger partial charge in [-0.1, -0.05) is 164 Å². The fraction of sp³-hybridized carbons (Fsp3) is 0. The molecule has 2 heteroatoms. The molecule has 0 unspecified atom stereocenters. The zero-order valence-corrected chi connectivity index (χ0v) is 30.8. The number of nitrogens with zero attached hydrogens (tertiary/aromatic N) is 2. The molecule has 0 fully saturated rings. The molecule has 56 heavy (non-hydrogen) atoms. The van der Waals surface area contributed by atoms with Gasteiger partial charge in [-0.3, -0.25) is 0 Å². The molecular weight excluding hydrogens is 677 g/mol. The van der Waals surface area contributed by atoms with Gasteiger partial charge in [0.15, 0.2) is 0 Å². The number of rotatable bonds is 8. The van der Waals surface area contributed by atoms with Crippen LogP contribution in [0.5, 0.6) is 0 Å². The van der Waals surface area contributed by atoms with Crippen molar-refractivity contribution < 1.29 is 0 Å². The van der Waals surface area contributed by atoms with Gasteiger partial charge < -0.3 is 9.47 Å². The van der Waals surface area contributed by atoms with E-state index in [0.29, 0.717) is 0 Å². The predicted molar refractivity (Wildman–Crippen MR) is 237 cm³/mol. The lowest BCUT2D eigenvalue weighted by Crippen LogP contribution is -2.10. The van der Waals surface area contributed by atoms with Gasteiger partial charge in [0, 0.05) is 33.5 Å². The Balaban J connectivity index is 1.03. The Kier molecular flexibility index (Phi) is 8.55. The van der Waals surface area contributed by atoms with Crippen molar-refractivity contribution >= 4 is 38.9 Å². The lowest BCUT2D eigenvalue weighted by atomic mass is 9.95. The van der Waals surface area contributed by atoms with Crippen LogP contribution in [0.1, 0.15) is 0 Å². The molecule has 0 aliphatic heterocycles. The Labute approximate surface area is 327 Å². The Morgan fingerprint density at radius 1 is 0.250 bits per heavy atom. The lowest BCUT2D eigenvalue weighted by molar-refractivity contribution is 1.18. The molecular formula is C54H38N2. The molecule has 0 aliphatic rings. The van der Waals surface area contributed by atoms with E-state index >= 15 is 0 Å². The van der Waals surface area contributed by atoms with Crippen LogP contribution in [0.15, 0.2) is 231 Å². The molecule has 2 nitrogen and oxygen atoms in total. The van der Waals surface area contributed by atoms with E-state index in [1.54, 1.807) is 0 Å². The third-order valence-electron chi connectivity index (χ3n) is 10.8. The molecule has 0 N–H and O–H groups in total. The van der Waals surface area contributed by atoms with E-state index in [1.807, 2.05) is 0 Å². The first kappa shape index (κ1) is 33.2. The van der Waals surface area contributed by atoms with Crippen molar-refractivity contribution in [3.8, 4) is 50.2 Å². The van der Waals surface area contributed by atoms with Crippen LogP contribution < -0.4 is 4.90 Å². The van der Waals surface area contributed by atoms with E-state index in [0.717, 1.165) is 22.7 Å². The second kappa shape index (κ2) is 14.4. The zero-order valence-electron chi connectivity index (χ0n) is 30.8. The third-order valence-corrected chi connectivity index (χ3v) is 10.8. The highest BCUT2D eigenvalue weighted by Gasteiger charge is 2.17. The second-order valence-corrected chi connectivity index (χ2v) is 14.2. The molecule has 10 aromatic rings. The quantitative estimate of drug-likeness (QED) is 0.152. The molecule has 9 aromatic carbocycles. The van der Waals surface area contributed by atoms with Crippen molar-refractivity contribution in [3.63, 3.8) is 0 Å². The number of benzene rings is 9. The normalized spacial score (nSPS) is 11.2. The summed E-state index contributed by atoms with van der Waals surface area (Å²) in [6, 6.07) is 83.0. The van der Waals surface area contributed by atoms with Crippen LogP contribution in [0.3, 0.4) is 0 Å². The van der Waals surface area contributed by atoms with Crippen LogP contribution in [-0.4, -0.2) is 4.57 Å². The fourth-order valence-corrected chi connectivity index (χ4v) is 8.02. The smallest absolute Gasteiger partial charge is 0.0541 e. The van der Waals surface area contributed by atoms with Crippen LogP contribution in [0.25, 0.3) is 72.0 Å². The molecule has 0 atom stereocenters. The van der Waals surface area contributed by atoms with E-state index in [9.17, 15) is 0 Å².